The van der Waals surface area contributed by atoms with Crippen LogP contribution in [0, 0.1) is 6.92 Å². The Morgan fingerprint density at radius 1 is 1.32 bits per heavy atom. The highest BCUT2D eigenvalue weighted by Crippen LogP contribution is 2.30. The van der Waals surface area contributed by atoms with Gasteiger partial charge in [0.1, 0.15) is 0 Å². The van der Waals surface area contributed by atoms with Crippen LogP contribution >= 0.6 is 0 Å². The third-order valence-corrected chi connectivity index (χ3v) is 1.97. The standard InChI is InChI=1S/C10H9O9/c1-5-7(18-9(14)17-5)10(16-4-11,8(13)15-3)19-6(2)12/h1-3H3. The lowest BCUT2D eigenvalue weighted by Gasteiger charge is -2.24. The van der Waals surface area contributed by atoms with Crippen molar-refractivity contribution in [2.45, 2.75) is 19.6 Å². The zero-order valence-electron chi connectivity index (χ0n) is 10.2. The molecule has 9 nitrogen and oxygen atoms in total. The molecule has 0 spiro atoms. The van der Waals surface area contributed by atoms with Crippen molar-refractivity contribution in [1.29, 1.82) is 0 Å². The summed E-state index contributed by atoms with van der Waals surface area (Å²) in [6.07, 6.45) is 0. The number of esters is 2. The molecule has 0 aliphatic carbocycles. The van der Waals surface area contributed by atoms with Gasteiger partial charge in [-0.05, 0) is 6.92 Å². The minimum Gasteiger partial charge on any atom is -0.463 e. The van der Waals surface area contributed by atoms with E-state index in [0.717, 1.165) is 20.5 Å². The highest BCUT2D eigenvalue weighted by molar-refractivity contribution is 5.83. The van der Waals surface area contributed by atoms with Gasteiger partial charge in [-0.25, -0.2) is 14.4 Å². The van der Waals surface area contributed by atoms with Gasteiger partial charge in [0.15, 0.2) is 5.76 Å². The van der Waals surface area contributed by atoms with Crippen molar-refractivity contribution in [3.63, 3.8) is 0 Å². The fraction of sp³-hybridized carbons (Fsp3) is 0.400. The van der Waals surface area contributed by atoms with Crippen molar-refractivity contribution < 1.29 is 37.4 Å². The SMILES string of the molecule is COC(=O)C(O[C]=O)(OC(C)=O)c1oc(=O)oc1C. The van der Waals surface area contributed by atoms with Crippen LogP contribution in [0.4, 0.5) is 0 Å². The number of hydrogen-bond acceptors (Lipinski definition) is 9. The van der Waals surface area contributed by atoms with Crippen molar-refractivity contribution in [3.8, 4) is 0 Å². The summed E-state index contributed by atoms with van der Waals surface area (Å²) in [7, 11) is 0.947. The first-order valence-electron chi connectivity index (χ1n) is 4.81. The van der Waals surface area contributed by atoms with E-state index in [1.165, 1.54) is 6.92 Å². The molecule has 0 saturated heterocycles. The summed E-state index contributed by atoms with van der Waals surface area (Å²) in [5, 5.41) is 0. The van der Waals surface area contributed by atoms with Crippen molar-refractivity contribution in [1.82, 2.24) is 0 Å². The van der Waals surface area contributed by atoms with Crippen LogP contribution in [0.5, 0.6) is 0 Å². The fourth-order valence-corrected chi connectivity index (χ4v) is 1.33. The van der Waals surface area contributed by atoms with Gasteiger partial charge in [-0.1, -0.05) is 0 Å². The van der Waals surface area contributed by atoms with Crippen molar-refractivity contribution in [2.75, 3.05) is 7.11 Å². The molecule has 0 saturated carbocycles. The van der Waals surface area contributed by atoms with E-state index in [9.17, 15) is 19.2 Å². The van der Waals surface area contributed by atoms with E-state index < -0.39 is 29.3 Å². The second kappa shape index (κ2) is 5.38. The van der Waals surface area contributed by atoms with E-state index in [-0.39, 0.29) is 5.76 Å². The fourth-order valence-electron chi connectivity index (χ4n) is 1.33. The van der Waals surface area contributed by atoms with Gasteiger partial charge < -0.3 is 23.0 Å². The third kappa shape index (κ3) is 2.64. The molecule has 0 N–H and O–H groups in total. The van der Waals surface area contributed by atoms with Crippen LogP contribution in [0.25, 0.3) is 0 Å². The Balaban J connectivity index is 3.49. The van der Waals surface area contributed by atoms with Gasteiger partial charge in [0.25, 0.3) is 0 Å². The van der Waals surface area contributed by atoms with Crippen LogP contribution < -0.4 is 5.82 Å². The van der Waals surface area contributed by atoms with Gasteiger partial charge in [-0.15, -0.1) is 0 Å². The molecule has 19 heavy (non-hydrogen) atoms. The van der Waals surface area contributed by atoms with E-state index in [0.29, 0.717) is 0 Å². The molecular weight excluding hydrogens is 264 g/mol. The Labute approximate surface area is 106 Å². The Morgan fingerprint density at radius 3 is 2.32 bits per heavy atom. The summed E-state index contributed by atoms with van der Waals surface area (Å²) in [6, 6.07) is 0. The minimum absolute atomic E-state index is 0.230. The second-order valence-corrected chi connectivity index (χ2v) is 3.23. The zero-order chi connectivity index (χ0) is 14.6. The van der Waals surface area contributed by atoms with Gasteiger partial charge in [0, 0.05) is 6.92 Å². The smallest absolute Gasteiger partial charge is 0.463 e. The molecule has 0 aromatic carbocycles. The van der Waals surface area contributed by atoms with E-state index in [4.69, 9.17) is 0 Å². The number of hydrogen-bond donors (Lipinski definition) is 0. The number of carbonyl (C=O) groups is 2. The molecule has 1 atom stereocenters. The van der Waals surface area contributed by atoms with E-state index in [2.05, 4.69) is 23.0 Å². The monoisotopic (exact) mass is 273 g/mol. The zero-order valence-corrected chi connectivity index (χ0v) is 10.2. The minimum atomic E-state index is -2.71. The quantitative estimate of drug-likeness (QED) is 0.516. The lowest BCUT2D eigenvalue weighted by molar-refractivity contribution is -0.228. The topological polar surface area (TPSA) is 122 Å². The van der Waals surface area contributed by atoms with Gasteiger partial charge >= 0.3 is 30.0 Å². The van der Waals surface area contributed by atoms with Crippen molar-refractivity contribution in [3.05, 3.63) is 22.1 Å². The molecule has 1 aromatic heterocycles. The number of methoxy groups -OCH3 is 1. The molecule has 0 aliphatic heterocycles. The molecule has 9 heteroatoms. The summed E-state index contributed by atoms with van der Waals surface area (Å²) in [5.41, 5.74) is 0. The summed E-state index contributed by atoms with van der Waals surface area (Å²) in [4.78, 5) is 44.2. The Morgan fingerprint density at radius 2 is 1.95 bits per heavy atom. The molecule has 0 fully saturated rings. The maximum absolute atomic E-state index is 11.7. The van der Waals surface area contributed by atoms with E-state index in [1.807, 2.05) is 0 Å². The lowest BCUT2D eigenvalue weighted by atomic mass is 10.2. The molecule has 0 amide bonds. The van der Waals surface area contributed by atoms with Crippen molar-refractivity contribution in [2.24, 2.45) is 0 Å². The first-order chi connectivity index (χ1) is 8.87. The average molecular weight is 273 g/mol. The number of ether oxygens (including phenoxy) is 3. The number of carbonyl (C=O) groups excluding carboxylic acids is 3. The first-order valence-corrected chi connectivity index (χ1v) is 4.81. The second-order valence-electron chi connectivity index (χ2n) is 3.23. The number of aryl methyl sites for hydroxylation is 1. The molecule has 1 radical (unpaired) electrons. The molecule has 0 bridgehead atoms. The molecular formula is C10H9O9. The van der Waals surface area contributed by atoms with Crippen LogP contribution in [0.1, 0.15) is 18.4 Å². The van der Waals surface area contributed by atoms with Gasteiger partial charge in [0.05, 0.1) is 7.11 Å². The number of rotatable bonds is 5. The first kappa shape index (κ1) is 14.5. The molecule has 1 rings (SSSR count). The normalized spacial score (nSPS) is 13.2. The van der Waals surface area contributed by atoms with Crippen LogP contribution in [0.3, 0.4) is 0 Å². The summed E-state index contributed by atoms with van der Waals surface area (Å²) in [6.45, 7) is 3.11. The molecule has 1 heterocycles. The maximum atomic E-state index is 11.7. The maximum Gasteiger partial charge on any atom is 0.519 e. The van der Waals surface area contributed by atoms with E-state index in [1.54, 1.807) is 0 Å². The van der Waals surface area contributed by atoms with Crippen molar-refractivity contribution >= 4 is 18.4 Å². The summed E-state index contributed by atoms with van der Waals surface area (Å²) in [5.74, 6) is -7.04. The van der Waals surface area contributed by atoms with Crippen LogP contribution in [-0.2, 0) is 34.4 Å². The predicted octanol–water partition coefficient (Wildman–Crippen LogP) is -0.486. The van der Waals surface area contributed by atoms with Crippen LogP contribution in [0.15, 0.2) is 13.6 Å². The van der Waals surface area contributed by atoms with Gasteiger partial charge in [-0.3, -0.25) is 4.79 Å². The molecule has 103 valence electrons. The van der Waals surface area contributed by atoms with Crippen LogP contribution in [-0.4, -0.2) is 25.5 Å². The molecule has 0 aliphatic rings. The third-order valence-electron chi connectivity index (χ3n) is 1.97. The average Bonchev–Trinajstić information content (AvgIpc) is 2.66. The summed E-state index contributed by atoms with van der Waals surface area (Å²) < 4.78 is 22.4. The van der Waals surface area contributed by atoms with Gasteiger partial charge in [0.2, 0.25) is 5.76 Å². The Bertz CT molecular complexity index is 552. The molecule has 1 aromatic rings. The largest absolute Gasteiger partial charge is 0.519 e. The molecule has 1 unspecified atom stereocenters. The summed E-state index contributed by atoms with van der Waals surface area (Å²) >= 11 is 0. The Kier molecular flexibility index (Phi) is 4.10. The predicted molar refractivity (Wildman–Crippen MR) is 54.2 cm³/mol. The highest BCUT2D eigenvalue weighted by Gasteiger charge is 2.54. The Hall–Kier alpha value is -2.58. The van der Waals surface area contributed by atoms with Crippen LogP contribution in [0.2, 0.25) is 0 Å². The van der Waals surface area contributed by atoms with E-state index >= 15 is 0 Å². The lowest BCUT2D eigenvalue weighted by Crippen LogP contribution is -2.43. The van der Waals surface area contributed by atoms with Gasteiger partial charge in [-0.2, -0.15) is 0 Å². The highest BCUT2D eigenvalue weighted by atomic mass is 16.8.